The van der Waals surface area contributed by atoms with E-state index in [1.807, 2.05) is 0 Å². The quantitative estimate of drug-likeness (QED) is 0.651. The van der Waals surface area contributed by atoms with Crippen LogP contribution in [0.15, 0.2) is 55.1 Å². The predicted molar refractivity (Wildman–Crippen MR) is 75.5 cm³/mol. The molecule has 0 aliphatic rings. The van der Waals surface area contributed by atoms with Crippen LogP contribution in [-0.4, -0.2) is 0 Å². The Morgan fingerprint density at radius 2 is 1.14 bits per heavy atom. The number of halogens is 4. The van der Waals surface area contributed by atoms with Gasteiger partial charge in [0.25, 0.3) is 0 Å². The molecule has 0 aliphatic heterocycles. The van der Waals surface area contributed by atoms with Crippen LogP contribution in [0.2, 0.25) is 0 Å². The van der Waals surface area contributed by atoms with Crippen LogP contribution in [0, 0.1) is 6.92 Å². The van der Waals surface area contributed by atoms with E-state index in [-0.39, 0.29) is 0 Å². The summed E-state index contributed by atoms with van der Waals surface area (Å²) < 4.78 is 56.7. The zero-order valence-corrected chi connectivity index (χ0v) is 11.4. The second-order valence-corrected chi connectivity index (χ2v) is 4.84. The molecule has 0 nitrogen and oxygen atoms in total. The summed E-state index contributed by atoms with van der Waals surface area (Å²) in [5.74, 6) is -8.57. The summed E-state index contributed by atoms with van der Waals surface area (Å²) in [6.07, 6.45) is 1.46. The van der Waals surface area contributed by atoms with E-state index in [0.717, 1.165) is 29.8 Å². The van der Waals surface area contributed by atoms with Crippen LogP contribution in [0.4, 0.5) is 17.6 Å². The smallest absolute Gasteiger partial charge is 0.194 e. The lowest BCUT2D eigenvalue weighted by atomic mass is 9.95. The average Bonchev–Trinajstić information content (AvgIpc) is 2.47. The number of alkyl halides is 4. The molecule has 2 aromatic carbocycles. The third-order valence-corrected chi connectivity index (χ3v) is 3.32. The van der Waals surface area contributed by atoms with E-state index in [4.69, 9.17) is 0 Å². The van der Waals surface area contributed by atoms with Gasteiger partial charge in [-0.2, -0.15) is 17.6 Å². The number of rotatable bonds is 4. The molecule has 0 fully saturated rings. The van der Waals surface area contributed by atoms with Crippen molar-refractivity contribution in [2.24, 2.45) is 0 Å². The standard InChI is InChI=1S/C17H14F4/c1-3-13-6-10-15(11-7-13)17(20,21)16(18,19)14-8-4-12(2)5-9-14/h3-11H,1H2,2H3. The first-order valence-electron chi connectivity index (χ1n) is 6.35. The van der Waals surface area contributed by atoms with Crippen LogP contribution >= 0.6 is 0 Å². The molecule has 0 saturated carbocycles. The fraction of sp³-hybridized carbons (Fsp3) is 0.176. The lowest BCUT2D eigenvalue weighted by Crippen LogP contribution is -2.35. The molecule has 0 saturated heterocycles. The maximum Gasteiger partial charge on any atom is 0.339 e. The van der Waals surface area contributed by atoms with Crippen molar-refractivity contribution >= 4 is 6.08 Å². The van der Waals surface area contributed by atoms with E-state index in [1.165, 1.54) is 30.3 Å². The zero-order valence-electron chi connectivity index (χ0n) is 11.4. The van der Waals surface area contributed by atoms with Gasteiger partial charge in [-0.1, -0.05) is 66.7 Å². The number of hydrogen-bond donors (Lipinski definition) is 0. The third-order valence-electron chi connectivity index (χ3n) is 3.32. The highest BCUT2D eigenvalue weighted by atomic mass is 19.3. The summed E-state index contributed by atoms with van der Waals surface area (Å²) in [5.41, 5.74) is -0.106. The van der Waals surface area contributed by atoms with Gasteiger partial charge in [0.05, 0.1) is 0 Å². The molecule has 2 rings (SSSR count). The van der Waals surface area contributed by atoms with Gasteiger partial charge in [0.1, 0.15) is 0 Å². The molecule has 4 heteroatoms. The topological polar surface area (TPSA) is 0 Å². The lowest BCUT2D eigenvalue weighted by Gasteiger charge is -2.27. The first-order chi connectivity index (χ1) is 9.79. The van der Waals surface area contributed by atoms with Crippen LogP contribution < -0.4 is 0 Å². The molecule has 0 aromatic heterocycles. The predicted octanol–water partition coefficient (Wildman–Crippen LogP) is 5.52. The van der Waals surface area contributed by atoms with Crippen molar-refractivity contribution in [1.82, 2.24) is 0 Å². The third kappa shape index (κ3) is 2.71. The molecular weight excluding hydrogens is 280 g/mol. The molecule has 21 heavy (non-hydrogen) atoms. The Balaban J connectivity index is 2.44. The molecule has 2 aromatic rings. The van der Waals surface area contributed by atoms with Gasteiger partial charge in [0, 0.05) is 11.1 Å². The van der Waals surface area contributed by atoms with Gasteiger partial charge in [-0.3, -0.25) is 0 Å². The minimum Gasteiger partial charge on any atom is -0.194 e. The summed E-state index contributed by atoms with van der Waals surface area (Å²) >= 11 is 0. The van der Waals surface area contributed by atoms with Crippen molar-refractivity contribution in [3.63, 3.8) is 0 Å². The molecule has 110 valence electrons. The van der Waals surface area contributed by atoms with Crippen molar-refractivity contribution in [1.29, 1.82) is 0 Å². The maximum atomic E-state index is 14.2. The summed E-state index contributed by atoms with van der Waals surface area (Å²) in [5, 5.41) is 0. The zero-order chi connectivity index (χ0) is 15.7. The average molecular weight is 294 g/mol. The monoisotopic (exact) mass is 294 g/mol. The summed E-state index contributed by atoms with van der Waals surface area (Å²) in [4.78, 5) is 0. The summed E-state index contributed by atoms with van der Waals surface area (Å²) in [6, 6.07) is 9.50. The van der Waals surface area contributed by atoms with Crippen molar-refractivity contribution in [2.75, 3.05) is 0 Å². The second kappa shape index (κ2) is 5.35. The molecule has 0 atom stereocenters. The number of hydrogen-bond acceptors (Lipinski definition) is 0. The minimum atomic E-state index is -4.29. The molecule has 0 amide bonds. The van der Waals surface area contributed by atoms with E-state index in [0.29, 0.717) is 5.56 Å². The van der Waals surface area contributed by atoms with E-state index < -0.39 is 23.0 Å². The molecule has 0 unspecified atom stereocenters. The Labute approximate surface area is 120 Å². The highest BCUT2D eigenvalue weighted by Crippen LogP contribution is 2.49. The molecule has 0 N–H and O–H groups in total. The van der Waals surface area contributed by atoms with Crippen molar-refractivity contribution < 1.29 is 17.6 Å². The normalized spacial score (nSPS) is 12.2. The number of benzene rings is 2. The maximum absolute atomic E-state index is 14.2. The molecule has 0 radical (unpaired) electrons. The first kappa shape index (κ1) is 15.3. The molecule has 0 spiro atoms. The number of aryl methyl sites for hydroxylation is 1. The van der Waals surface area contributed by atoms with Crippen molar-refractivity contribution in [2.45, 2.75) is 18.8 Å². The second-order valence-electron chi connectivity index (χ2n) is 4.84. The first-order valence-corrected chi connectivity index (χ1v) is 6.35. The van der Waals surface area contributed by atoms with E-state index >= 15 is 0 Å². The van der Waals surface area contributed by atoms with Crippen LogP contribution in [0.25, 0.3) is 6.08 Å². The largest absolute Gasteiger partial charge is 0.339 e. The fourth-order valence-electron chi connectivity index (χ4n) is 1.95. The van der Waals surface area contributed by atoms with Crippen LogP contribution in [0.1, 0.15) is 22.3 Å². The summed E-state index contributed by atoms with van der Waals surface area (Å²) in [7, 11) is 0. The molecule has 0 bridgehead atoms. The molecular formula is C17H14F4. The molecule has 0 aliphatic carbocycles. The van der Waals surface area contributed by atoms with E-state index in [2.05, 4.69) is 6.58 Å². The highest BCUT2D eigenvalue weighted by Gasteiger charge is 2.58. The van der Waals surface area contributed by atoms with Gasteiger partial charge in [-0.15, -0.1) is 0 Å². The Morgan fingerprint density at radius 1 is 0.762 bits per heavy atom. The van der Waals surface area contributed by atoms with Gasteiger partial charge in [-0.25, -0.2) is 0 Å². The van der Waals surface area contributed by atoms with Crippen LogP contribution in [0.5, 0.6) is 0 Å². The van der Waals surface area contributed by atoms with Gasteiger partial charge in [0.15, 0.2) is 0 Å². The molecule has 0 heterocycles. The van der Waals surface area contributed by atoms with Crippen LogP contribution in [0.3, 0.4) is 0 Å². The highest BCUT2D eigenvalue weighted by molar-refractivity contribution is 5.48. The SMILES string of the molecule is C=Cc1ccc(C(F)(F)C(F)(F)c2ccc(C)cc2)cc1. The van der Waals surface area contributed by atoms with Crippen LogP contribution in [-0.2, 0) is 11.8 Å². The van der Waals surface area contributed by atoms with E-state index in [9.17, 15) is 17.6 Å². The van der Waals surface area contributed by atoms with Gasteiger partial charge in [-0.05, 0) is 12.5 Å². The Kier molecular flexibility index (Phi) is 3.90. The van der Waals surface area contributed by atoms with Gasteiger partial charge < -0.3 is 0 Å². The van der Waals surface area contributed by atoms with E-state index in [1.54, 1.807) is 6.92 Å². The lowest BCUT2D eigenvalue weighted by molar-refractivity contribution is -0.223. The fourth-order valence-corrected chi connectivity index (χ4v) is 1.95. The van der Waals surface area contributed by atoms with Crippen molar-refractivity contribution in [3.8, 4) is 0 Å². The Morgan fingerprint density at radius 3 is 1.52 bits per heavy atom. The Hall–Kier alpha value is -2.10. The summed E-state index contributed by atoms with van der Waals surface area (Å²) in [6.45, 7) is 5.19. The van der Waals surface area contributed by atoms with Gasteiger partial charge in [0.2, 0.25) is 0 Å². The van der Waals surface area contributed by atoms with Crippen molar-refractivity contribution in [3.05, 3.63) is 77.4 Å². The minimum absolute atomic E-state index is 0.591. The Bertz CT molecular complexity index is 625. The van der Waals surface area contributed by atoms with Gasteiger partial charge >= 0.3 is 11.8 Å².